The van der Waals surface area contributed by atoms with Crippen LogP contribution < -0.4 is 0 Å². The molecule has 2 N–H and O–H groups in total. The molecule has 3 aliphatic rings. The van der Waals surface area contributed by atoms with Gasteiger partial charge in [-0.05, 0) is 61.9 Å². The van der Waals surface area contributed by atoms with Crippen LogP contribution in [0.4, 0.5) is 0 Å². The number of hydrogen-bond donors (Lipinski definition) is 2. The number of fused-ring (bicyclic) bond motifs is 3. The molecule has 1 heterocycles. The van der Waals surface area contributed by atoms with E-state index in [9.17, 15) is 15.0 Å². The van der Waals surface area contributed by atoms with E-state index in [4.69, 9.17) is 4.74 Å². The van der Waals surface area contributed by atoms with E-state index in [0.717, 1.165) is 24.8 Å². The molecule has 0 bridgehead atoms. The van der Waals surface area contributed by atoms with E-state index in [1.807, 2.05) is 19.9 Å². The summed E-state index contributed by atoms with van der Waals surface area (Å²) < 4.78 is 5.54. The van der Waals surface area contributed by atoms with Gasteiger partial charge in [-0.15, -0.1) is 0 Å². The number of ether oxygens (including phenoxy) is 1. The molecule has 4 nitrogen and oxygen atoms in total. The summed E-state index contributed by atoms with van der Waals surface area (Å²) >= 11 is 0. The van der Waals surface area contributed by atoms with Crippen LogP contribution in [0.15, 0.2) is 11.6 Å². The zero-order chi connectivity index (χ0) is 17.9. The minimum absolute atomic E-state index is 0.113. The highest BCUT2D eigenvalue weighted by atomic mass is 16.6. The van der Waals surface area contributed by atoms with Crippen molar-refractivity contribution in [2.75, 3.05) is 0 Å². The van der Waals surface area contributed by atoms with Crippen LogP contribution in [0.3, 0.4) is 0 Å². The maximum atomic E-state index is 12.7. The first-order chi connectivity index (χ1) is 11.1. The predicted octanol–water partition coefficient (Wildman–Crippen LogP) is 3.21. The minimum Gasteiger partial charge on any atom is -0.456 e. The van der Waals surface area contributed by atoms with Crippen LogP contribution in [0.2, 0.25) is 0 Å². The Balaban J connectivity index is 2.06. The van der Waals surface area contributed by atoms with E-state index in [1.165, 1.54) is 0 Å². The van der Waals surface area contributed by atoms with E-state index >= 15 is 0 Å². The lowest BCUT2D eigenvalue weighted by Gasteiger charge is -2.63. The van der Waals surface area contributed by atoms with Crippen molar-refractivity contribution in [2.24, 2.45) is 22.7 Å². The number of esters is 1. The molecule has 0 unspecified atom stereocenters. The van der Waals surface area contributed by atoms with Crippen LogP contribution in [0, 0.1) is 22.7 Å². The SMILES string of the molecule is C/C=C(\C)[C@@H]1C[C@@H]2[C@@]3(C)CCCC(C)(C)[C@@H]3C[C@@H](O)[C@]2(O)C(=O)O1. The molecule has 0 radical (unpaired) electrons. The molecule has 2 aliphatic carbocycles. The van der Waals surface area contributed by atoms with Crippen molar-refractivity contribution in [3.05, 3.63) is 11.6 Å². The lowest BCUT2D eigenvalue weighted by Crippen LogP contribution is -2.70. The lowest BCUT2D eigenvalue weighted by molar-refractivity contribution is -0.259. The molecule has 0 aromatic rings. The summed E-state index contributed by atoms with van der Waals surface area (Å²) in [7, 11) is 0. The first-order valence-corrected chi connectivity index (χ1v) is 9.31. The number of carbonyl (C=O) groups excluding carboxylic acids is 1. The molecule has 1 aliphatic heterocycles. The minimum atomic E-state index is -1.76. The summed E-state index contributed by atoms with van der Waals surface area (Å²) in [5.74, 6) is -0.600. The number of cyclic esters (lactones) is 1. The number of rotatable bonds is 1. The van der Waals surface area contributed by atoms with E-state index < -0.39 is 17.7 Å². The van der Waals surface area contributed by atoms with E-state index in [0.29, 0.717) is 18.8 Å². The molecule has 2 saturated carbocycles. The number of aliphatic hydroxyl groups is 2. The van der Waals surface area contributed by atoms with Crippen molar-refractivity contribution in [1.82, 2.24) is 0 Å². The fourth-order valence-electron chi connectivity index (χ4n) is 5.99. The van der Waals surface area contributed by atoms with Crippen molar-refractivity contribution in [3.8, 4) is 0 Å². The Morgan fingerprint density at radius 3 is 2.50 bits per heavy atom. The van der Waals surface area contributed by atoms with Gasteiger partial charge in [0, 0.05) is 5.92 Å². The molecular formula is C20H32O4. The van der Waals surface area contributed by atoms with Gasteiger partial charge in [0.2, 0.25) is 0 Å². The van der Waals surface area contributed by atoms with Gasteiger partial charge < -0.3 is 14.9 Å². The first-order valence-electron chi connectivity index (χ1n) is 9.31. The van der Waals surface area contributed by atoms with Crippen LogP contribution >= 0.6 is 0 Å². The third-order valence-corrected chi connectivity index (χ3v) is 7.56. The maximum absolute atomic E-state index is 12.7. The van der Waals surface area contributed by atoms with Crippen molar-refractivity contribution < 1.29 is 19.7 Å². The molecule has 6 atom stereocenters. The summed E-state index contributed by atoms with van der Waals surface area (Å²) in [4.78, 5) is 12.7. The van der Waals surface area contributed by atoms with Crippen LogP contribution in [0.25, 0.3) is 0 Å². The highest BCUT2D eigenvalue weighted by Gasteiger charge is 2.68. The van der Waals surface area contributed by atoms with Gasteiger partial charge in [-0.3, -0.25) is 0 Å². The average molecular weight is 336 g/mol. The van der Waals surface area contributed by atoms with Crippen molar-refractivity contribution in [1.29, 1.82) is 0 Å². The van der Waals surface area contributed by atoms with Crippen LogP contribution in [0.5, 0.6) is 0 Å². The third-order valence-electron chi connectivity index (χ3n) is 7.56. The van der Waals surface area contributed by atoms with Gasteiger partial charge >= 0.3 is 5.97 Å². The zero-order valence-corrected chi connectivity index (χ0v) is 15.6. The van der Waals surface area contributed by atoms with Crippen molar-refractivity contribution in [2.45, 2.75) is 84.5 Å². The second-order valence-corrected chi connectivity index (χ2v) is 9.19. The summed E-state index contributed by atoms with van der Waals surface area (Å²) in [6.45, 7) is 10.7. The molecule has 4 heteroatoms. The van der Waals surface area contributed by atoms with Gasteiger partial charge in [-0.1, -0.05) is 33.3 Å². The second-order valence-electron chi connectivity index (χ2n) is 9.19. The van der Waals surface area contributed by atoms with Gasteiger partial charge in [0.05, 0.1) is 6.10 Å². The Hall–Kier alpha value is -0.870. The molecular weight excluding hydrogens is 304 g/mol. The van der Waals surface area contributed by atoms with Crippen LogP contribution in [-0.4, -0.2) is 34.0 Å². The molecule has 1 saturated heterocycles. The molecule has 0 aromatic carbocycles. The Morgan fingerprint density at radius 1 is 1.21 bits per heavy atom. The fourth-order valence-corrected chi connectivity index (χ4v) is 5.99. The number of hydrogen-bond acceptors (Lipinski definition) is 4. The average Bonchev–Trinajstić information content (AvgIpc) is 2.51. The van der Waals surface area contributed by atoms with Crippen molar-refractivity contribution in [3.63, 3.8) is 0 Å². The van der Waals surface area contributed by atoms with E-state index in [-0.39, 0.29) is 22.9 Å². The predicted molar refractivity (Wildman–Crippen MR) is 92.2 cm³/mol. The summed E-state index contributed by atoms with van der Waals surface area (Å²) in [5.41, 5.74) is -0.785. The van der Waals surface area contributed by atoms with Gasteiger partial charge in [0.25, 0.3) is 0 Å². The summed E-state index contributed by atoms with van der Waals surface area (Å²) in [6, 6.07) is 0. The van der Waals surface area contributed by atoms with Gasteiger partial charge in [0.1, 0.15) is 6.10 Å². The molecule has 0 amide bonds. The summed E-state index contributed by atoms with van der Waals surface area (Å²) in [6.07, 6.45) is 4.93. The van der Waals surface area contributed by atoms with Crippen LogP contribution in [-0.2, 0) is 9.53 Å². The molecule has 136 valence electrons. The Labute approximate surface area is 145 Å². The smallest absolute Gasteiger partial charge is 0.341 e. The Bertz CT molecular complexity index is 566. The molecule has 3 rings (SSSR count). The highest BCUT2D eigenvalue weighted by Crippen LogP contribution is 2.64. The monoisotopic (exact) mass is 336 g/mol. The third kappa shape index (κ3) is 2.29. The molecule has 24 heavy (non-hydrogen) atoms. The summed E-state index contributed by atoms with van der Waals surface area (Å²) in [5, 5.41) is 22.0. The standard InChI is InChI=1S/C20H32O4/c1-6-12(2)13-10-15-19(5)9-7-8-18(3,4)14(19)11-16(21)20(15,23)17(22)24-13/h6,13-16,21,23H,7-11H2,1-5H3/b12-6+/t13-,14-,15+,16+,19-,20-/m0/s1. The maximum Gasteiger partial charge on any atom is 0.341 e. The number of carbonyl (C=O) groups is 1. The van der Waals surface area contributed by atoms with E-state index in [1.54, 1.807) is 0 Å². The second kappa shape index (κ2) is 5.57. The Kier molecular flexibility index (Phi) is 4.16. The first kappa shape index (κ1) is 17.9. The van der Waals surface area contributed by atoms with E-state index in [2.05, 4.69) is 20.8 Å². The van der Waals surface area contributed by atoms with Gasteiger partial charge in [0.15, 0.2) is 5.60 Å². The topological polar surface area (TPSA) is 66.8 Å². The molecule has 3 fully saturated rings. The molecule has 0 spiro atoms. The van der Waals surface area contributed by atoms with Gasteiger partial charge in [-0.25, -0.2) is 4.79 Å². The van der Waals surface area contributed by atoms with Crippen molar-refractivity contribution >= 4 is 5.97 Å². The Morgan fingerprint density at radius 2 is 1.88 bits per heavy atom. The highest BCUT2D eigenvalue weighted by molar-refractivity contribution is 5.82. The van der Waals surface area contributed by atoms with Gasteiger partial charge in [-0.2, -0.15) is 0 Å². The quantitative estimate of drug-likeness (QED) is 0.570. The number of aliphatic hydroxyl groups excluding tert-OH is 1. The number of allylic oxidation sites excluding steroid dienone is 1. The fraction of sp³-hybridized carbons (Fsp3) is 0.850. The van der Waals surface area contributed by atoms with Crippen LogP contribution in [0.1, 0.15) is 66.7 Å². The molecule has 0 aromatic heterocycles. The largest absolute Gasteiger partial charge is 0.456 e. The normalized spacial score (nSPS) is 48.3. The zero-order valence-electron chi connectivity index (χ0n) is 15.6. The lowest BCUT2D eigenvalue weighted by atomic mass is 9.43.